The maximum atomic E-state index is 10.5. The van der Waals surface area contributed by atoms with Crippen molar-refractivity contribution in [1.29, 1.82) is 0 Å². The number of anilines is 1. The van der Waals surface area contributed by atoms with E-state index >= 15 is 0 Å². The lowest BCUT2D eigenvalue weighted by Crippen LogP contribution is -1.87. The molecule has 0 amide bonds. The molecule has 0 fully saturated rings. The van der Waals surface area contributed by atoms with Gasteiger partial charge in [-0.05, 0) is 12.1 Å². The van der Waals surface area contributed by atoms with Crippen LogP contribution in [0.5, 0.6) is 0 Å². The summed E-state index contributed by atoms with van der Waals surface area (Å²) in [5.74, 6) is 0. The predicted molar refractivity (Wildman–Crippen MR) is 44.9 cm³/mol. The van der Waals surface area contributed by atoms with E-state index in [4.69, 9.17) is 5.73 Å². The van der Waals surface area contributed by atoms with E-state index < -0.39 is 19.8 Å². The lowest BCUT2D eigenvalue weighted by molar-refractivity contribution is 0.610. The van der Waals surface area contributed by atoms with Gasteiger partial charge in [0, 0.05) is 0 Å². The van der Waals surface area contributed by atoms with Gasteiger partial charge in [0.1, 0.15) is 0 Å². The number of para-hydroxylation sites is 1. The first-order valence-corrected chi connectivity index (χ1v) is 5.45. The lowest BCUT2D eigenvalue weighted by Gasteiger charge is -1.91. The van der Waals surface area contributed by atoms with Crippen LogP contribution in [0.4, 0.5) is 5.69 Å². The van der Waals surface area contributed by atoms with Gasteiger partial charge in [-0.15, -0.1) is 0 Å². The highest BCUT2D eigenvalue weighted by Crippen LogP contribution is 2.22. The number of hydrogen-bond acceptors (Lipinski definition) is 3. The zero-order chi connectivity index (χ0) is 7.56. The van der Waals surface area contributed by atoms with E-state index in [0.717, 1.165) is 0 Å². The molecule has 10 heavy (non-hydrogen) atoms. The van der Waals surface area contributed by atoms with Crippen LogP contribution in [0.15, 0.2) is 24.3 Å². The van der Waals surface area contributed by atoms with Crippen LogP contribution in [0, 0.1) is 3.57 Å². The molecule has 0 saturated heterocycles. The van der Waals surface area contributed by atoms with E-state index in [1.165, 1.54) is 6.07 Å². The standard InChI is InChI=1S/C6H6INO2/c8-6-4-2-1-3-5(6)7(9)10/h1-4H,8H2. The van der Waals surface area contributed by atoms with Gasteiger partial charge in [0.25, 0.3) is 0 Å². The van der Waals surface area contributed by atoms with E-state index in [1.807, 2.05) is 0 Å². The Morgan fingerprint density at radius 3 is 2.20 bits per heavy atom. The Bertz CT molecular complexity index is 298. The first-order valence-electron chi connectivity index (χ1n) is 2.61. The third kappa shape index (κ3) is 1.44. The number of benzene rings is 1. The van der Waals surface area contributed by atoms with Gasteiger partial charge in [0.2, 0.25) is 0 Å². The van der Waals surface area contributed by atoms with Gasteiger partial charge in [-0.1, -0.05) is 12.1 Å². The molecule has 3 nitrogen and oxygen atoms in total. The minimum absolute atomic E-state index is 0.284. The Balaban J connectivity index is 3.28. The quantitative estimate of drug-likeness (QED) is 0.609. The molecule has 0 spiro atoms. The average Bonchev–Trinajstić information content (AvgIpc) is 1.88. The van der Waals surface area contributed by atoms with Crippen LogP contribution >= 0.6 is 19.8 Å². The monoisotopic (exact) mass is 251 g/mol. The van der Waals surface area contributed by atoms with Crippen molar-refractivity contribution in [3.8, 4) is 0 Å². The molecule has 1 aromatic rings. The summed E-state index contributed by atoms with van der Waals surface area (Å²) in [7, 11) is 0. The molecule has 1 aromatic carbocycles. The van der Waals surface area contributed by atoms with Crippen molar-refractivity contribution < 1.29 is 6.14 Å². The summed E-state index contributed by atoms with van der Waals surface area (Å²) >= 11 is -3.35. The average molecular weight is 251 g/mol. The van der Waals surface area contributed by atoms with Crippen molar-refractivity contribution in [3.63, 3.8) is 0 Å². The fourth-order valence-corrected chi connectivity index (χ4v) is 1.81. The molecule has 0 radical (unpaired) electrons. The van der Waals surface area contributed by atoms with Crippen LogP contribution in [0.1, 0.15) is 0 Å². The summed E-state index contributed by atoms with van der Waals surface area (Å²) < 4.78 is 21.2. The zero-order valence-corrected chi connectivity index (χ0v) is 7.24. The minimum Gasteiger partial charge on any atom is -0.398 e. The number of nitrogen functional groups attached to an aromatic ring is 1. The van der Waals surface area contributed by atoms with Crippen LogP contribution in [-0.4, -0.2) is 0 Å². The number of hydrogen-bond donors (Lipinski definition) is 1. The highest BCUT2D eigenvalue weighted by molar-refractivity contribution is 14.2. The van der Waals surface area contributed by atoms with E-state index in [-0.39, 0.29) is 3.57 Å². The summed E-state index contributed by atoms with van der Waals surface area (Å²) in [6.07, 6.45) is 0. The van der Waals surface area contributed by atoms with Gasteiger partial charge in [-0.2, -0.15) is 0 Å². The second-order valence-corrected chi connectivity index (χ2v) is 4.14. The molecule has 0 atom stereocenters. The fraction of sp³-hybridized carbons (Fsp3) is 0. The first-order chi connectivity index (χ1) is 4.72. The molecule has 0 aliphatic heterocycles. The molecule has 2 N–H and O–H groups in total. The van der Waals surface area contributed by atoms with Crippen LogP contribution in [0.2, 0.25) is 0 Å². The third-order valence-electron chi connectivity index (χ3n) is 1.07. The fourth-order valence-electron chi connectivity index (χ4n) is 0.616. The third-order valence-corrected chi connectivity index (χ3v) is 3.00. The Morgan fingerprint density at radius 2 is 1.80 bits per heavy atom. The lowest BCUT2D eigenvalue weighted by atomic mass is 10.3. The summed E-state index contributed by atoms with van der Waals surface area (Å²) in [5, 5.41) is 0. The molecule has 0 heterocycles. The van der Waals surface area contributed by atoms with Crippen LogP contribution < -0.4 is 5.73 Å². The summed E-state index contributed by atoms with van der Waals surface area (Å²) in [5.41, 5.74) is 5.71. The highest BCUT2D eigenvalue weighted by Gasteiger charge is 2.00. The molecule has 4 heteroatoms. The summed E-state index contributed by atoms with van der Waals surface area (Å²) in [6.45, 7) is 0. The zero-order valence-electron chi connectivity index (χ0n) is 5.08. The second-order valence-electron chi connectivity index (χ2n) is 1.74. The molecule has 0 aliphatic rings. The maximum absolute atomic E-state index is 10.5. The molecular weight excluding hydrogens is 245 g/mol. The first kappa shape index (κ1) is 7.46. The minimum atomic E-state index is -3.35. The van der Waals surface area contributed by atoms with Crippen LogP contribution in [-0.2, 0) is 6.14 Å². The largest absolute Gasteiger partial charge is 0.398 e. The Labute approximate surface area is 65.4 Å². The van der Waals surface area contributed by atoms with E-state index in [1.54, 1.807) is 18.2 Å². The number of halogens is 1. The molecule has 0 bridgehead atoms. The van der Waals surface area contributed by atoms with E-state index in [9.17, 15) is 6.14 Å². The van der Waals surface area contributed by atoms with Gasteiger partial charge >= 0.3 is 19.8 Å². The predicted octanol–water partition coefficient (Wildman–Crippen LogP) is 1.64. The smallest absolute Gasteiger partial charge is 0.342 e. The van der Waals surface area contributed by atoms with Crippen molar-refractivity contribution in [1.82, 2.24) is 0 Å². The topological polar surface area (TPSA) is 60.2 Å². The van der Waals surface area contributed by atoms with E-state index in [0.29, 0.717) is 5.69 Å². The molecule has 0 aromatic heterocycles. The second kappa shape index (κ2) is 2.96. The van der Waals surface area contributed by atoms with Crippen molar-refractivity contribution >= 4 is 25.5 Å². The molecule has 0 saturated carbocycles. The van der Waals surface area contributed by atoms with Crippen LogP contribution in [0.25, 0.3) is 0 Å². The number of nitrogens with two attached hydrogens (primary N) is 1. The van der Waals surface area contributed by atoms with Gasteiger partial charge in [0.05, 0.1) is 9.26 Å². The van der Waals surface area contributed by atoms with Gasteiger partial charge in [-0.25, -0.2) is 6.14 Å². The van der Waals surface area contributed by atoms with Crippen molar-refractivity contribution in [2.24, 2.45) is 0 Å². The SMILES string of the molecule is Nc1ccccc1I(=O)=O. The summed E-state index contributed by atoms with van der Waals surface area (Å²) in [6, 6.07) is 6.46. The molecule has 54 valence electrons. The maximum Gasteiger partial charge on any atom is 0.342 e. The van der Waals surface area contributed by atoms with Crippen molar-refractivity contribution in [3.05, 3.63) is 27.8 Å². The Hall–Kier alpha value is -0.650. The molecule has 0 aliphatic carbocycles. The normalized spacial score (nSPS) is 10.1. The van der Waals surface area contributed by atoms with Gasteiger partial charge in [0.15, 0.2) is 0 Å². The Morgan fingerprint density at radius 1 is 1.20 bits per heavy atom. The summed E-state index contributed by atoms with van der Waals surface area (Å²) in [4.78, 5) is 0. The van der Waals surface area contributed by atoms with Crippen molar-refractivity contribution in [2.45, 2.75) is 0 Å². The number of rotatable bonds is 1. The van der Waals surface area contributed by atoms with Gasteiger partial charge < -0.3 is 5.73 Å². The molecule has 1 rings (SSSR count). The Kier molecular flexibility index (Phi) is 2.21. The molecular formula is C6H6INO2. The van der Waals surface area contributed by atoms with Crippen molar-refractivity contribution in [2.75, 3.05) is 5.73 Å². The van der Waals surface area contributed by atoms with E-state index in [2.05, 4.69) is 0 Å². The van der Waals surface area contributed by atoms with Gasteiger partial charge in [-0.3, -0.25) is 0 Å². The highest BCUT2D eigenvalue weighted by atomic mass is 127. The van der Waals surface area contributed by atoms with Crippen LogP contribution in [0.3, 0.4) is 0 Å². The molecule has 0 unspecified atom stereocenters.